The van der Waals surface area contributed by atoms with Gasteiger partial charge in [-0.2, -0.15) is 13.2 Å². The van der Waals surface area contributed by atoms with Crippen molar-refractivity contribution < 1.29 is 18.0 Å². The van der Waals surface area contributed by atoms with E-state index in [0.29, 0.717) is 0 Å². The predicted octanol–water partition coefficient (Wildman–Crippen LogP) is 4.00. The zero-order chi connectivity index (χ0) is 14.7. The summed E-state index contributed by atoms with van der Waals surface area (Å²) in [4.78, 5) is 11.9. The van der Waals surface area contributed by atoms with Crippen LogP contribution in [-0.4, -0.2) is 16.8 Å². The van der Waals surface area contributed by atoms with Gasteiger partial charge in [-0.1, -0.05) is 15.9 Å². The molecule has 0 atom stereocenters. The van der Waals surface area contributed by atoms with Gasteiger partial charge in [0.05, 0.1) is 5.56 Å². The molecule has 0 saturated carbocycles. The number of carbonyl (C=O) groups is 1. The molecule has 1 amide bonds. The number of halogens is 4. The minimum absolute atomic E-state index is 0.218. The highest BCUT2D eigenvalue weighted by molar-refractivity contribution is 9.09. The van der Waals surface area contributed by atoms with Crippen LogP contribution in [0, 0.1) is 0 Å². The van der Waals surface area contributed by atoms with Crippen molar-refractivity contribution in [3.05, 3.63) is 35.4 Å². The molecule has 0 aromatic heterocycles. The van der Waals surface area contributed by atoms with Crippen molar-refractivity contribution in [1.29, 1.82) is 0 Å². The number of carbonyl (C=O) groups excluding carboxylic acids is 1. The predicted molar refractivity (Wildman–Crippen MR) is 71.4 cm³/mol. The van der Waals surface area contributed by atoms with Crippen molar-refractivity contribution in [3.63, 3.8) is 0 Å². The second-order valence-electron chi connectivity index (χ2n) is 4.85. The number of nitrogens with one attached hydrogen (secondary N) is 1. The lowest BCUT2D eigenvalue weighted by atomic mass is 10.0. The van der Waals surface area contributed by atoms with E-state index in [1.165, 1.54) is 12.1 Å². The first-order valence-electron chi connectivity index (χ1n) is 5.71. The SMILES string of the molecule is CC(C)(CCBr)NC(=O)c1ccc(C(F)(F)F)cc1. The Hall–Kier alpha value is -1.04. The van der Waals surface area contributed by atoms with Gasteiger partial charge in [0, 0.05) is 16.4 Å². The van der Waals surface area contributed by atoms with E-state index < -0.39 is 17.3 Å². The first kappa shape index (κ1) is 16.0. The largest absolute Gasteiger partial charge is 0.416 e. The van der Waals surface area contributed by atoms with Gasteiger partial charge in [-0.3, -0.25) is 4.79 Å². The third kappa shape index (κ3) is 4.86. The van der Waals surface area contributed by atoms with Gasteiger partial charge >= 0.3 is 6.18 Å². The molecular formula is C13H15BrF3NO. The Kier molecular flexibility index (Phi) is 5.01. The molecule has 1 aromatic rings. The summed E-state index contributed by atoms with van der Waals surface area (Å²) in [6.07, 6.45) is -3.66. The quantitative estimate of drug-likeness (QED) is 0.826. The number of benzene rings is 1. The number of rotatable bonds is 4. The summed E-state index contributed by atoms with van der Waals surface area (Å²) in [6, 6.07) is 4.18. The minimum atomic E-state index is -4.38. The molecule has 0 spiro atoms. The topological polar surface area (TPSA) is 29.1 Å². The zero-order valence-corrected chi connectivity index (χ0v) is 12.2. The van der Waals surface area contributed by atoms with Gasteiger partial charge in [-0.25, -0.2) is 0 Å². The average Bonchev–Trinajstić information content (AvgIpc) is 2.27. The molecule has 6 heteroatoms. The molecule has 0 heterocycles. The number of amides is 1. The molecule has 2 nitrogen and oxygen atoms in total. The molecule has 1 N–H and O–H groups in total. The molecule has 0 fully saturated rings. The molecule has 0 aliphatic rings. The van der Waals surface area contributed by atoms with Gasteiger partial charge in [-0.15, -0.1) is 0 Å². The molecule has 106 valence electrons. The maximum atomic E-state index is 12.4. The molecule has 0 radical (unpaired) electrons. The summed E-state index contributed by atoms with van der Waals surface area (Å²) in [5.41, 5.74) is -0.956. The van der Waals surface area contributed by atoms with Crippen LogP contribution in [0.2, 0.25) is 0 Å². The summed E-state index contributed by atoms with van der Waals surface area (Å²) in [7, 11) is 0. The molecule has 0 aliphatic carbocycles. The maximum Gasteiger partial charge on any atom is 0.416 e. The standard InChI is InChI=1S/C13H15BrF3NO/c1-12(2,7-8-14)18-11(19)9-3-5-10(6-4-9)13(15,16)17/h3-6H,7-8H2,1-2H3,(H,18,19). The first-order valence-corrected chi connectivity index (χ1v) is 6.83. The van der Waals surface area contributed by atoms with Crippen molar-refractivity contribution in [1.82, 2.24) is 5.32 Å². The van der Waals surface area contributed by atoms with E-state index in [2.05, 4.69) is 21.2 Å². The Labute approximate surface area is 118 Å². The lowest BCUT2D eigenvalue weighted by Crippen LogP contribution is -2.43. The van der Waals surface area contributed by atoms with Crippen molar-refractivity contribution >= 4 is 21.8 Å². The van der Waals surface area contributed by atoms with E-state index in [1.54, 1.807) is 0 Å². The highest BCUT2D eigenvalue weighted by atomic mass is 79.9. The molecule has 1 rings (SSSR count). The Balaban J connectivity index is 2.79. The number of alkyl halides is 4. The minimum Gasteiger partial charge on any atom is -0.347 e. The van der Waals surface area contributed by atoms with E-state index in [9.17, 15) is 18.0 Å². The van der Waals surface area contributed by atoms with Crippen LogP contribution in [0.25, 0.3) is 0 Å². The van der Waals surface area contributed by atoms with Gasteiger partial charge in [-0.05, 0) is 44.5 Å². The van der Waals surface area contributed by atoms with Crippen LogP contribution in [0.3, 0.4) is 0 Å². The van der Waals surface area contributed by atoms with E-state index in [-0.39, 0.29) is 11.5 Å². The summed E-state index contributed by atoms with van der Waals surface area (Å²) in [5, 5.41) is 3.51. The molecule has 0 aliphatic heterocycles. The van der Waals surface area contributed by atoms with Gasteiger partial charge in [0.2, 0.25) is 0 Å². The summed E-state index contributed by atoms with van der Waals surface area (Å²) < 4.78 is 37.2. The van der Waals surface area contributed by atoms with E-state index >= 15 is 0 Å². The van der Waals surface area contributed by atoms with Crippen LogP contribution in [0.15, 0.2) is 24.3 Å². The first-order chi connectivity index (χ1) is 8.65. The van der Waals surface area contributed by atoms with E-state index in [1.807, 2.05) is 13.8 Å². The number of hydrogen-bond donors (Lipinski definition) is 1. The Morgan fingerprint density at radius 2 is 1.74 bits per heavy atom. The van der Waals surface area contributed by atoms with Crippen LogP contribution in [0.4, 0.5) is 13.2 Å². The number of hydrogen-bond acceptors (Lipinski definition) is 1. The lowest BCUT2D eigenvalue weighted by molar-refractivity contribution is -0.137. The highest BCUT2D eigenvalue weighted by Gasteiger charge is 2.30. The van der Waals surface area contributed by atoms with Crippen LogP contribution in [0.5, 0.6) is 0 Å². The summed E-state index contributed by atoms with van der Waals surface area (Å²) in [5.74, 6) is -0.375. The maximum absolute atomic E-state index is 12.4. The molecule has 0 unspecified atom stereocenters. The highest BCUT2D eigenvalue weighted by Crippen LogP contribution is 2.29. The normalized spacial score (nSPS) is 12.3. The van der Waals surface area contributed by atoms with Gasteiger partial charge < -0.3 is 5.32 Å². The van der Waals surface area contributed by atoms with Crippen molar-refractivity contribution in [3.8, 4) is 0 Å². The monoisotopic (exact) mass is 337 g/mol. The third-order valence-electron chi connectivity index (χ3n) is 2.65. The fourth-order valence-electron chi connectivity index (χ4n) is 1.49. The molecule has 19 heavy (non-hydrogen) atoms. The Bertz CT molecular complexity index is 440. The molecular weight excluding hydrogens is 323 g/mol. The second kappa shape index (κ2) is 5.94. The molecule has 1 aromatic carbocycles. The van der Waals surface area contributed by atoms with E-state index in [4.69, 9.17) is 0 Å². The van der Waals surface area contributed by atoms with Crippen LogP contribution >= 0.6 is 15.9 Å². The average molecular weight is 338 g/mol. The van der Waals surface area contributed by atoms with Gasteiger partial charge in [0.25, 0.3) is 5.91 Å². The van der Waals surface area contributed by atoms with E-state index in [0.717, 1.165) is 23.9 Å². The van der Waals surface area contributed by atoms with Gasteiger partial charge in [0.15, 0.2) is 0 Å². The third-order valence-corrected chi connectivity index (χ3v) is 3.04. The molecule has 0 bridgehead atoms. The van der Waals surface area contributed by atoms with Crippen molar-refractivity contribution in [2.24, 2.45) is 0 Å². The second-order valence-corrected chi connectivity index (χ2v) is 5.65. The lowest BCUT2D eigenvalue weighted by Gasteiger charge is -2.25. The zero-order valence-electron chi connectivity index (χ0n) is 10.6. The summed E-state index contributed by atoms with van der Waals surface area (Å²) >= 11 is 3.29. The van der Waals surface area contributed by atoms with Crippen LogP contribution in [0.1, 0.15) is 36.2 Å². The fraction of sp³-hybridized carbons (Fsp3) is 0.462. The van der Waals surface area contributed by atoms with Crippen LogP contribution < -0.4 is 5.32 Å². The smallest absolute Gasteiger partial charge is 0.347 e. The fourth-order valence-corrected chi connectivity index (χ4v) is 2.48. The van der Waals surface area contributed by atoms with Crippen molar-refractivity contribution in [2.75, 3.05) is 5.33 Å². The Morgan fingerprint density at radius 3 is 2.16 bits per heavy atom. The Morgan fingerprint density at radius 1 is 1.21 bits per heavy atom. The molecule has 0 saturated heterocycles. The summed E-state index contributed by atoms with van der Waals surface area (Å²) in [6.45, 7) is 3.71. The van der Waals surface area contributed by atoms with Gasteiger partial charge in [0.1, 0.15) is 0 Å². The van der Waals surface area contributed by atoms with Crippen molar-refractivity contribution in [2.45, 2.75) is 32.0 Å². The van der Waals surface area contributed by atoms with Crippen LogP contribution in [-0.2, 0) is 6.18 Å².